The lowest BCUT2D eigenvalue weighted by molar-refractivity contribution is -0.137. The van der Waals surface area contributed by atoms with E-state index in [0.717, 1.165) is 22.5 Å². The number of carboxylic acid groups (broad SMARTS) is 1. The van der Waals surface area contributed by atoms with Gasteiger partial charge in [-0.3, -0.25) is 14.6 Å². The molecule has 3 N–H and O–H groups in total. The highest BCUT2D eigenvalue weighted by atomic mass is 19.1. The number of hydrogen-bond donors (Lipinski definition) is 3. The number of carbonyl (C=O) groups excluding carboxylic acids is 1. The summed E-state index contributed by atoms with van der Waals surface area (Å²) < 4.78 is 26.9. The van der Waals surface area contributed by atoms with Crippen molar-refractivity contribution in [3.63, 3.8) is 0 Å². The minimum atomic E-state index is -0.827. The highest BCUT2D eigenvalue weighted by Gasteiger charge is 2.31. The Labute approximate surface area is 209 Å². The maximum absolute atomic E-state index is 13.5. The smallest absolute Gasteiger partial charge is 0.303 e. The van der Waals surface area contributed by atoms with Crippen molar-refractivity contribution in [3.8, 4) is 0 Å². The lowest BCUT2D eigenvalue weighted by Gasteiger charge is -2.34. The number of nitrogens with one attached hydrogen (secondary N) is 2. The predicted octanol–water partition coefficient (Wildman–Crippen LogP) is 5.07. The average molecular weight is 496 g/mol. The summed E-state index contributed by atoms with van der Waals surface area (Å²) in [6, 6.07) is 5.78. The number of carboxylic acids is 1. The van der Waals surface area contributed by atoms with Gasteiger partial charge < -0.3 is 15.7 Å². The van der Waals surface area contributed by atoms with Gasteiger partial charge in [0.1, 0.15) is 11.6 Å². The van der Waals surface area contributed by atoms with Gasteiger partial charge in [0.25, 0.3) is 0 Å². The second-order valence-electron chi connectivity index (χ2n) is 9.53. The Morgan fingerprint density at radius 3 is 2.58 bits per heavy atom. The number of allylic oxidation sites excluding steroid dienone is 5. The zero-order valence-corrected chi connectivity index (χ0v) is 20.3. The predicted molar refractivity (Wildman–Crippen MR) is 134 cm³/mol. The van der Waals surface area contributed by atoms with E-state index in [2.05, 4.69) is 10.6 Å². The monoisotopic (exact) mass is 495 g/mol. The number of benzene rings is 1. The summed E-state index contributed by atoms with van der Waals surface area (Å²) in [5, 5.41) is 15.4. The van der Waals surface area contributed by atoms with Crippen molar-refractivity contribution in [2.45, 2.75) is 57.5 Å². The van der Waals surface area contributed by atoms with Crippen LogP contribution in [0, 0.1) is 11.7 Å². The number of amides is 1. The Hall–Kier alpha value is -3.55. The Bertz CT molecular complexity index is 1160. The van der Waals surface area contributed by atoms with E-state index in [9.17, 15) is 18.4 Å². The number of aliphatic carboxylic acids is 1. The van der Waals surface area contributed by atoms with Crippen molar-refractivity contribution >= 4 is 17.6 Å². The van der Waals surface area contributed by atoms with Gasteiger partial charge in [0.2, 0.25) is 5.91 Å². The molecular weight excluding hydrogens is 464 g/mol. The van der Waals surface area contributed by atoms with Crippen LogP contribution >= 0.6 is 0 Å². The normalized spacial score (nSPS) is 23.2. The van der Waals surface area contributed by atoms with Crippen LogP contribution < -0.4 is 10.6 Å². The van der Waals surface area contributed by atoms with Gasteiger partial charge in [0.05, 0.1) is 12.1 Å². The molecule has 0 saturated heterocycles. The number of fused-ring (bicyclic) bond motifs is 1. The zero-order chi connectivity index (χ0) is 25.7. The third-order valence-electron chi connectivity index (χ3n) is 6.84. The Morgan fingerprint density at radius 2 is 1.86 bits per heavy atom. The number of rotatable bonds is 9. The largest absolute Gasteiger partial charge is 0.481 e. The number of hydrogen-bond acceptors (Lipinski definition) is 4. The molecule has 1 aromatic carbocycles. The first kappa shape index (κ1) is 25.5. The van der Waals surface area contributed by atoms with Gasteiger partial charge in [-0.1, -0.05) is 31.2 Å². The lowest BCUT2D eigenvalue weighted by Crippen LogP contribution is -2.40. The van der Waals surface area contributed by atoms with Crippen molar-refractivity contribution < 1.29 is 23.5 Å². The SMILES string of the molecule is CC1CC(F)=CC=C1CNC(=O)C1=CC=C2NC(c3ccc(F)cc3)C(CCCCC(=O)O)=NC2C1. The lowest BCUT2D eigenvalue weighted by atomic mass is 9.89. The number of halogens is 2. The summed E-state index contributed by atoms with van der Waals surface area (Å²) in [4.78, 5) is 28.7. The molecule has 1 amide bonds. The molecule has 6 nitrogen and oxygen atoms in total. The van der Waals surface area contributed by atoms with Crippen LogP contribution in [0.2, 0.25) is 0 Å². The van der Waals surface area contributed by atoms with E-state index in [0.29, 0.717) is 44.2 Å². The Morgan fingerprint density at radius 1 is 1.08 bits per heavy atom. The molecule has 4 rings (SSSR count). The molecule has 3 aliphatic rings. The quantitative estimate of drug-likeness (QED) is 0.417. The molecule has 190 valence electrons. The summed E-state index contributed by atoms with van der Waals surface area (Å²) in [5.74, 6) is -1.42. The molecule has 1 heterocycles. The minimum Gasteiger partial charge on any atom is -0.481 e. The number of aliphatic imine (C=N–C) groups is 1. The van der Waals surface area contributed by atoms with Crippen molar-refractivity contribution in [1.82, 2.24) is 10.6 Å². The molecule has 0 spiro atoms. The molecule has 1 aromatic rings. The van der Waals surface area contributed by atoms with Gasteiger partial charge in [0, 0.05) is 42.8 Å². The summed E-state index contributed by atoms with van der Waals surface area (Å²) in [6.07, 6.45) is 9.54. The summed E-state index contributed by atoms with van der Waals surface area (Å²) in [7, 11) is 0. The zero-order valence-electron chi connectivity index (χ0n) is 20.3. The van der Waals surface area contributed by atoms with Gasteiger partial charge in [-0.2, -0.15) is 0 Å². The van der Waals surface area contributed by atoms with E-state index in [1.54, 1.807) is 24.3 Å². The fourth-order valence-corrected chi connectivity index (χ4v) is 4.74. The minimum absolute atomic E-state index is 0.0429. The fourth-order valence-electron chi connectivity index (χ4n) is 4.74. The van der Waals surface area contributed by atoms with Gasteiger partial charge >= 0.3 is 5.97 Å². The first-order valence-electron chi connectivity index (χ1n) is 12.3. The van der Waals surface area contributed by atoms with Gasteiger partial charge in [-0.05, 0) is 60.6 Å². The van der Waals surface area contributed by atoms with E-state index in [-0.39, 0.29) is 42.0 Å². The maximum Gasteiger partial charge on any atom is 0.303 e. The standard InChI is InChI=1S/C28H31F2N3O3/c1-17-14-22(30)12-8-20(17)16-31-28(36)19-9-13-23-25(15-19)32-24(4-2-3-5-26(34)35)27(33-23)18-6-10-21(29)11-7-18/h6-13,17,25,27,33H,2-5,14-16H2,1H3,(H,31,36)(H,34,35). The highest BCUT2D eigenvalue weighted by molar-refractivity contribution is 5.95. The van der Waals surface area contributed by atoms with Crippen molar-refractivity contribution in [3.05, 3.63) is 82.6 Å². The number of nitrogens with zero attached hydrogens (tertiary/aromatic N) is 1. The van der Waals surface area contributed by atoms with Gasteiger partial charge in [-0.15, -0.1) is 0 Å². The number of unbranched alkanes of at least 4 members (excludes halogenated alkanes) is 1. The van der Waals surface area contributed by atoms with E-state index in [1.807, 2.05) is 13.0 Å². The van der Waals surface area contributed by atoms with Crippen LogP contribution in [0.25, 0.3) is 0 Å². The number of carbonyl (C=O) groups is 2. The van der Waals surface area contributed by atoms with Crippen LogP contribution in [0.1, 0.15) is 57.1 Å². The van der Waals surface area contributed by atoms with Crippen LogP contribution in [0.5, 0.6) is 0 Å². The van der Waals surface area contributed by atoms with Crippen LogP contribution in [0.4, 0.5) is 8.78 Å². The van der Waals surface area contributed by atoms with E-state index >= 15 is 0 Å². The molecule has 0 saturated carbocycles. The van der Waals surface area contributed by atoms with Gasteiger partial charge in [0.15, 0.2) is 0 Å². The third-order valence-corrected chi connectivity index (χ3v) is 6.84. The first-order valence-corrected chi connectivity index (χ1v) is 12.3. The maximum atomic E-state index is 13.5. The van der Waals surface area contributed by atoms with E-state index < -0.39 is 5.97 Å². The Balaban J connectivity index is 1.47. The summed E-state index contributed by atoms with van der Waals surface area (Å²) in [5.41, 5.74) is 4.23. The first-order chi connectivity index (χ1) is 17.3. The third kappa shape index (κ3) is 6.36. The van der Waals surface area contributed by atoms with E-state index in [4.69, 9.17) is 10.1 Å². The van der Waals surface area contributed by atoms with Gasteiger partial charge in [-0.25, -0.2) is 8.78 Å². The Kier molecular flexibility index (Phi) is 8.13. The molecule has 0 bridgehead atoms. The van der Waals surface area contributed by atoms with Crippen LogP contribution in [-0.2, 0) is 9.59 Å². The summed E-state index contributed by atoms with van der Waals surface area (Å²) in [6.45, 7) is 2.31. The van der Waals surface area contributed by atoms with Crippen LogP contribution in [0.15, 0.2) is 76.2 Å². The molecule has 3 unspecified atom stereocenters. The molecule has 0 radical (unpaired) electrons. The van der Waals surface area contributed by atoms with Crippen molar-refractivity contribution in [2.75, 3.05) is 6.54 Å². The molecule has 0 aromatic heterocycles. The van der Waals surface area contributed by atoms with Crippen LogP contribution in [0.3, 0.4) is 0 Å². The molecule has 36 heavy (non-hydrogen) atoms. The average Bonchev–Trinajstić information content (AvgIpc) is 2.85. The van der Waals surface area contributed by atoms with Crippen molar-refractivity contribution in [1.29, 1.82) is 0 Å². The second kappa shape index (κ2) is 11.5. The molecule has 1 aliphatic heterocycles. The molecule has 8 heteroatoms. The molecule has 2 aliphatic carbocycles. The van der Waals surface area contributed by atoms with Crippen molar-refractivity contribution in [2.24, 2.45) is 10.9 Å². The molecule has 3 atom stereocenters. The van der Waals surface area contributed by atoms with Crippen LogP contribution in [-0.4, -0.2) is 35.3 Å². The molecule has 0 fully saturated rings. The molecular formula is C28H31F2N3O3. The second-order valence-corrected chi connectivity index (χ2v) is 9.53. The topological polar surface area (TPSA) is 90.8 Å². The fraction of sp³-hybridized carbons (Fsp3) is 0.393. The summed E-state index contributed by atoms with van der Waals surface area (Å²) >= 11 is 0. The van der Waals surface area contributed by atoms with E-state index in [1.165, 1.54) is 18.2 Å². The highest BCUT2D eigenvalue weighted by Crippen LogP contribution is 2.31.